The normalized spacial score (nSPS) is 20.3. The molecule has 0 bridgehead atoms. The van der Waals surface area contributed by atoms with Gasteiger partial charge in [-0.3, -0.25) is 10.1 Å². The lowest BCUT2D eigenvalue weighted by Crippen LogP contribution is -2.25. The molecule has 0 spiro atoms. The van der Waals surface area contributed by atoms with E-state index >= 15 is 0 Å². The highest BCUT2D eigenvalue weighted by molar-refractivity contribution is 5.32. The van der Waals surface area contributed by atoms with Crippen LogP contribution in [0.2, 0.25) is 0 Å². The Kier molecular flexibility index (Phi) is 2.49. The minimum absolute atomic E-state index is 0.0125. The number of nitro groups is 1. The summed E-state index contributed by atoms with van der Waals surface area (Å²) in [5.41, 5.74) is 0.614. The summed E-state index contributed by atoms with van der Waals surface area (Å²) in [5.74, 6) is 0.897. The van der Waals surface area contributed by atoms with Crippen LogP contribution in [0.15, 0.2) is 22.9 Å². The summed E-state index contributed by atoms with van der Waals surface area (Å²) in [6, 6.07) is 0. The van der Waals surface area contributed by atoms with E-state index in [1.54, 1.807) is 7.05 Å². The molecular formula is C9H12N2O4. The van der Waals surface area contributed by atoms with E-state index in [4.69, 9.17) is 9.47 Å². The van der Waals surface area contributed by atoms with Crippen molar-refractivity contribution in [2.75, 3.05) is 20.3 Å². The van der Waals surface area contributed by atoms with E-state index in [-0.39, 0.29) is 5.70 Å². The van der Waals surface area contributed by atoms with Crippen molar-refractivity contribution >= 4 is 0 Å². The molecule has 0 aromatic carbocycles. The van der Waals surface area contributed by atoms with Gasteiger partial charge in [-0.15, -0.1) is 0 Å². The number of nitrogens with zero attached hydrogens (tertiary/aromatic N) is 1. The third-order valence-electron chi connectivity index (χ3n) is 2.45. The van der Waals surface area contributed by atoms with Gasteiger partial charge in [0.2, 0.25) is 5.76 Å². The second-order valence-corrected chi connectivity index (χ2v) is 3.28. The standard InChI is InChI=1S/C9H12N2O4/c1-10-6-2-3-7-9(8(6)11(12)13)15-5-4-14-7/h10H,2-5H2,1H3. The van der Waals surface area contributed by atoms with E-state index in [0.29, 0.717) is 43.3 Å². The Labute approximate surface area is 86.7 Å². The molecule has 0 unspecified atom stereocenters. The molecule has 6 nitrogen and oxygen atoms in total. The molecule has 0 fully saturated rings. The number of allylic oxidation sites excluding steroid dienone is 2. The van der Waals surface area contributed by atoms with Crippen LogP contribution in [0.1, 0.15) is 12.8 Å². The molecule has 1 N–H and O–H groups in total. The molecule has 82 valence electrons. The molecule has 0 saturated heterocycles. The predicted octanol–water partition coefficient (Wildman–Crippen LogP) is 0.746. The first-order chi connectivity index (χ1) is 7.24. The van der Waals surface area contributed by atoms with Crippen LogP contribution in [0.3, 0.4) is 0 Å². The maximum atomic E-state index is 10.9. The molecule has 0 aromatic rings. The lowest BCUT2D eigenvalue weighted by Gasteiger charge is -2.24. The third-order valence-corrected chi connectivity index (χ3v) is 2.45. The topological polar surface area (TPSA) is 73.6 Å². The second-order valence-electron chi connectivity index (χ2n) is 3.28. The fourth-order valence-electron chi connectivity index (χ4n) is 1.77. The summed E-state index contributed by atoms with van der Waals surface area (Å²) in [5, 5.41) is 13.8. The van der Waals surface area contributed by atoms with Gasteiger partial charge in [-0.05, 0) is 0 Å². The van der Waals surface area contributed by atoms with Crippen LogP contribution in [-0.4, -0.2) is 25.2 Å². The minimum atomic E-state index is -0.422. The van der Waals surface area contributed by atoms with Gasteiger partial charge in [0.1, 0.15) is 19.0 Å². The largest absolute Gasteiger partial charge is 0.490 e. The van der Waals surface area contributed by atoms with Crippen LogP contribution in [0, 0.1) is 10.1 Å². The SMILES string of the molecule is CNC1=C([N+](=O)[O-])C2=C(CC1)OCCO2. The summed E-state index contributed by atoms with van der Waals surface area (Å²) in [7, 11) is 1.67. The van der Waals surface area contributed by atoms with Crippen molar-refractivity contribution in [2.45, 2.75) is 12.8 Å². The van der Waals surface area contributed by atoms with Crippen molar-refractivity contribution in [2.24, 2.45) is 0 Å². The zero-order valence-corrected chi connectivity index (χ0v) is 8.41. The van der Waals surface area contributed by atoms with Gasteiger partial charge in [-0.1, -0.05) is 0 Å². The lowest BCUT2D eigenvalue weighted by molar-refractivity contribution is -0.427. The molecule has 0 amide bonds. The fourth-order valence-corrected chi connectivity index (χ4v) is 1.77. The first kappa shape index (κ1) is 9.82. The van der Waals surface area contributed by atoms with Crippen molar-refractivity contribution in [3.05, 3.63) is 33.0 Å². The number of nitrogens with one attached hydrogen (secondary N) is 1. The molecular weight excluding hydrogens is 200 g/mol. The molecule has 2 rings (SSSR count). The van der Waals surface area contributed by atoms with Gasteiger partial charge in [0, 0.05) is 19.9 Å². The molecule has 0 radical (unpaired) electrons. The summed E-state index contributed by atoms with van der Waals surface area (Å²) < 4.78 is 10.6. The smallest absolute Gasteiger partial charge is 0.333 e. The zero-order valence-electron chi connectivity index (χ0n) is 8.41. The second kappa shape index (κ2) is 3.80. The highest BCUT2D eigenvalue weighted by Gasteiger charge is 2.34. The van der Waals surface area contributed by atoms with Crippen LogP contribution in [0.4, 0.5) is 0 Å². The average molecular weight is 212 g/mol. The number of hydrogen-bond donors (Lipinski definition) is 1. The van der Waals surface area contributed by atoms with E-state index in [1.807, 2.05) is 0 Å². The van der Waals surface area contributed by atoms with Crippen LogP contribution >= 0.6 is 0 Å². The monoisotopic (exact) mass is 212 g/mol. The molecule has 0 saturated carbocycles. The Morgan fingerprint density at radius 2 is 2.07 bits per heavy atom. The molecule has 1 aliphatic carbocycles. The summed E-state index contributed by atoms with van der Waals surface area (Å²) >= 11 is 0. The first-order valence-corrected chi connectivity index (χ1v) is 4.78. The van der Waals surface area contributed by atoms with E-state index in [9.17, 15) is 10.1 Å². The Morgan fingerprint density at radius 3 is 2.73 bits per heavy atom. The van der Waals surface area contributed by atoms with Crippen molar-refractivity contribution in [1.29, 1.82) is 0 Å². The number of ether oxygens (including phenoxy) is 2. The van der Waals surface area contributed by atoms with Gasteiger partial charge in [0.05, 0.1) is 10.6 Å². The quantitative estimate of drug-likeness (QED) is 0.540. The first-order valence-electron chi connectivity index (χ1n) is 4.78. The Morgan fingerprint density at radius 1 is 1.33 bits per heavy atom. The molecule has 0 aromatic heterocycles. The van der Waals surface area contributed by atoms with E-state index in [2.05, 4.69) is 5.32 Å². The molecule has 15 heavy (non-hydrogen) atoms. The average Bonchev–Trinajstić information content (AvgIpc) is 2.27. The predicted molar refractivity (Wildman–Crippen MR) is 51.2 cm³/mol. The highest BCUT2D eigenvalue weighted by atomic mass is 16.6. The van der Waals surface area contributed by atoms with Gasteiger partial charge < -0.3 is 14.8 Å². The highest BCUT2D eigenvalue weighted by Crippen LogP contribution is 2.32. The fraction of sp³-hybridized carbons (Fsp3) is 0.556. The summed E-state index contributed by atoms with van der Waals surface area (Å²) in [6.07, 6.45) is 1.25. The van der Waals surface area contributed by atoms with Gasteiger partial charge in [-0.2, -0.15) is 0 Å². The van der Waals surface area contributed by atoms with E-state index < -0.39 is 4.92 Å². The lowest BCUT2D eigenvalue weighted by atomic mass is 10.0. The van der Waals surface area contributed by atoms with Crippen LogP contribution in [0.25, 0.3) is 0 Å². The number of hydrogen-bond acceptors (Lipinski definition) is 5. The Hall–Kier alpha value is -1.72. The van der Waals surface area contributed by atoms with E-state index in [1.165, 1.54) is 0 Å². The molecule has 0 atom stereocenters. The van der Waals surface area contributed by atoms with Gasteiger partial charge in [-0.25, -0.2) is 0 Å². The van der Waals surface area contributed by atoms with E-state index in [0.717, 1.165) is 0 Å². The van der Waals surface area contributed by atoms with Crippen molar-refractivity contribution < 1.29 is 14.4 Å². The maximum Gasteiger partial charge on any atom is 0.333 e. The molecule has 1 heterocycles. The van der Waals surface area contributed by atoms with Gasteiger partial charge in [0.25, 0.3) is 0 Å². The Bertz CT molecular complexity index is 359. The zero-order chi connectivity index (χ0) is 10.8. The Balaban J connectivity index is 2.44. The number of rotatable bonds is 2. The third kappa shape index (κ3) is 1.62. The minimum Gasteiger partial charge on any atom is -0.490 e. The van der Waals surface area contributed by atoms with Gasteiger partial charge >= 0.3 is 5.70 Å². The van der Waals surface area contributed by atoms with Crippen LogP contribution in [-0.2, 0) is 9.47 Å². The van der Waals surface area contributed by atoms with Crippen molar-refractivity contribution in [3.63, 3.8) is 0 Å². The molecule has 6 heteroatoms. The van der Waals surface area contributed by atoms with Crippen LogP contribution < -0.4 is 5.32 Å². The molecule has 1 aliphatic heterocycles. The van der Waals surface area contributed by atoms with Crippen molar-refractivity contribution in [3.8, 4) is 0 Å². The maximum absolute atomic E-state index is 10.9. The summed E-state index contributed by atoms with van der Waals surface area (Å²) in [4.78, 5) is 10.5. The van der Waals surface area contributed by atoms with Crippen molar-refractivity contribution in [1.82, 2.24) is 5.32 Å². The van der Waals surface area contributed by atoms with Gasteiger partial charge in [0.15, 0.2) is 0 Å². The van der Waals surface area contributed by atoms with Crippen LogP contribution in [0.5, 0.6) is 0 Å². The summed E-state index contributed by atoms with van der Waals surface area (Å²) in [6.45, 7) is 0.839. The molecule has 2 aliphatic rings.